The minimum atomic E-state index is -0.250. The molecular formula is C28H32N2O2. The number of nitrogens with one attached hydrogen (secondary N) is 1. The van der Waals surface area contributed by atoms with Crippen LogP contribution in [0, 0.1) is 0 Å². The van der Waals surface area contributed by atoms with Gasteiger partial charge in [0.25, 0.3) is 0 Å². The van der Waals surface area contributed by atoms with Crippen LogP contribution in [0.5, 0.6) is 0 Å². The van der Waals surface area contributed by atoms with Crippen molar-refractivity contribution in [1.29, 1.82) is 0 Å². The largest absolute Gasteiger partial charge is 0.465 e. The number of benzene rings is 2. The number of nitrogens with zero attached hydrogens (tertiary/aromatic N) is 1. The van der Waals surface area contributed by atoms with Crippen molar-refractivity contribution >= 4 is 16.9 Å². The summed E-state index contributed by atoms with van der Waals surface area (Å²) < 4.78 is 7.51. The number of rotatable bonds is 10. The topological polar surface area (TPSA) is 47.0 Å². The smallest absolute Gasteiger partial charge is 0.340 e. The Balaban J connectivity index is 1.70. The highest BCUT2D eigenvalue weighted by molar-refractivity contribution is 5.98. The molecule has 1 N–H and O–H groups in total. The van der Waals surface area contributed by atoms with Gasteiger partial charge < -0.3 is 14.3 Å². The van der Waals surface area contributed by atoms with E-state index in [-0.39, 0.29) is 5.97 Å². The second-order valence-electron chi connectivity index (χ2n) is 8.34. The highest BCUT2D eigenvalue weighted by atomic mass is 16.5. The van der Waals surface area contributed by atoms with Crippen LogP contribution in [0.1, 0.15) is 54.2 Å². The van der Waals surface area contributed by atoms with Gasteiger partial charge in [-0.05, 0) is 36.5 Å². The lowest BCUT2D eigenvalue weighted by molar-refractivity contribution is 0.0600. The van der Waals surface area contributed by atoms with Crippen molar-refractivity contribution < 1.29 is 9.53 Å². The van der Waals surface area contributed by atoms with Crippen LogP contribution in [0.4, 0.5) is 0 Å². The van der Waals surface area contributed by atoms with E-state index >= 15 is 0 Å². The molecule has 0 bridgehead atoms. The molecule has 166 valence electrons. The standard InChI is InChI=1S/C28H32N2O2/c1-3-4-5-9-16-26-27(28(31)32-2)24(21-12-7-6-8-13-21)20-30(26)18-17-22-19-29-25-15-11-10-14-23(22)25/h6-8,10-15,19-20,29H,3-5,9,16-18H2,1-2H3. The van der Waals surface area contributed by atoms with Crippen LogP contribution >= 0.6 is 0 Å². The van der Waals surface area contributed by atoms with Crippen molar-refractivity contribution in [2.24, 2.45) is 0 Å². The molecule has 32 heavy (non-hydrogen) atoms. The number of fused-ring (bicyclic) bond motifs is 1. The average Bonchev–Trinajstić information content (AvgIpc) is 3.42. The van der Waals surface area contributed by atoms with Gasteiger partial charge in [-0.25, -0.2) is 4.79 Å². The lowest BCUT2D eigenvalue weighted by Crippen LogP contribution is -2.10. The summed E-state index contributed by atoms with van der Waals surface area (Å²) in [6, 6.07) is 18.6. The summed E-state index contributed by atoms with van der Waals surface area (Å²) in [6.07, 6.45) is 10.7. The second-order valence-corrected chi connectivity index (χ2v) is 8.34. The van der Waals surface area contributed by atoms with Gasteiger partial charge in [0.15, 0.2) is 0 Å². The number of ether oxygens (including phenoxy) is 1. The Hall–Kier alpha value is -3.27. The number of esters is 1. The van der Waals surface area contributed by atoms with Gasteiger partial charge in [0.1, 0.15) is 0 Å². The molecule has 0 atom stereocenters. The van der Waals surface area contributed by atoms with Gasteiger partial charge in [0, 0.05) is 41.1 Å². The zero-order valence-electron chi connectivity index (χ0n) is 19.1. The summed E-state index contributed by atoms with van der Waals surface area (Å²) in [7, 11) is 1.47. The number of carbonyl (C=O) groups is 1. The van der Waals surface area contributed by atoms with Crippen LogP contribution in [0.15, 0.2) is 67.0 Å². The maximum absolute atomic E-state index is 12.9. The first-order chi connectivity index (χ1) is 15.7. The van der Waals surface area contributed by atoms with E-state index in [4.69, 9.17) is 4.74 Å². The molecule has 4 heteroatoms. The molecule has 0 radical (unpaired) electrons. The quantitative estimate of drug-likeness (QED) is 0.223. The van der Waals surface area contributed by atoms with Gasteiger partial charge in [0.05, 0.1) is 12.7 Å². The van der Waals surface area contributed by atoms with Crippen molar-refractivity contribution in [3.63, 3.8) is 0 Å². The summed E-state index contributed by atoms with van der Waals surface area (Å²) in [5, 5.41) is 1.26. The number of para-hydroxylation sites is 1. The summed E-state index contributed by atoms with van der Waals surface area (Å²) in [6.45, 7) is 3.04. The number of hydrogen-bond donors (Lipinski definition) is 1. The van der Waals surface area contributed by atoms with Crippen LogP contribution in [0.25, 0.3) is 22.0 Å². The number of H-pyrrole nitrogens is 1. The van der Waals surface area contributed by atoms with E-state index in [1.165, 1.54) is 37.3 Å². The first-order valence-electron chi connectivity index (χ1n) is 11.6. The van der Waals surface area contributed by atoms with E-state index in [1.54, 1.807) is 0 Å². The van der Waals surface area contributed by atoms with Crippen molar-refractivity contribution in [2.75, 3.05) is 7.11 Å². The zero-order chi connectivity index (χ0) is 22.3. The van der Waals surface area contributed by atoms with Gasteiger partial charge in [-0.15, -0.1) is 0 Å². The van der Waals surface area contributed by atoms with E-state index in [1.807, 2.05) is 18.2 Å². The van der Waals surface area contributed by atoms with Gasteiger partial charge in [-0.2, -0.15) is 0 Å². The van der Waals surface area contributed by atoms with E-state index in [0.717, 1.165) is 48.1 Å². The third kappa shape index (κ3) is 4.64. The molecular weight excluding hydrogens is 396 g/mol. The number of aromatic nitrogens is 2. The molecule has 2 heterocycles. The number of aromatic amines is 1. The van der Waals surface area contributed by atoms with Crippen LogP contribution < -0.4 is 0 Å². The molecule has 0 spiro atoms. The summed E-state index contributed by atoms with van der Waals surface area (Å²) in [5.41, 5.74) is 6.28. The van der Waals surface area contributed by atoms with Crippen molar-refractivity contribution in [3.05, 3.63) is 83.8 Å². The summed E-state index contributed by atoms with van der Waals surface area (Å²) >= 11 is 0. The number of carbonyl (C=O) groups excluding carboxylic acids is 1. The molecule has 4 rings (SSSR count). The predicted molar refractivity (Wildman–Crippen MR) is 131 cm³/mol. The van der Waals surface area contributed by atoms with Crippen molar-refractivity contribution in [2.45, 2.75) is 52.0 Å². The second kappa shape index (κ2) is 10.4. The van der Waals surface area contributed by atoms with E-state index in [0.29, 0.717) is 5.56 Å². The number of aryl methyl sites for hydroxylation is 2. The first-order valence-corrected chi connectivity index (χ1v) is 11.6. The predicted octanol–water partition coefficient (Wildman–Crippen LogP) is 6.79. The minimum Gasteiger partial charge on any atom is -0.465 e. The lowest BCUT2D eigenvalue weighted by Gasteiger charge is -2.11. The van der Waals surface area contributed by atoms with Gasteiger partial charge in [0.2, 0.25) is 0 Å². The maximum Gasteiger partial charge on any atom is 0.340 e. The molecule has 4 aromatic rings. The molecule has 2 aromatic carbocycles. The molecule has 0 saturated heterocycles. The molecule has 0 aliphatic rings. The van der Waals surface area contributed by atoms with E-state index < -0.39 is 0 Å². The Labute approximate surface area is 190 Å². The molecule has 0 unspecified atom stereocenters. The molecule has 2 aromatic heterocycles. The van der Waals surface area contributed by atoms with Crippen LogP contribution in [0.3, 0.4) is 0 Å². The monoisotopic (exact) mass is 428 g/mol. The first kappa shape index (κ1) is 21.9. The normalized spacial score (nSPS) is 11.2. The lowest BCUT2D eigenvalue weighted by atomic mass is 10.0. The maximum atomic E-state index is 12.9. The average molecular weight is 429 g/mol. The third-order valence-corrected chi connectivity index (χ3v) is 6.23. The Bertz CT molecular complexity index is 1170. The number of methoxy groups -OCH3 is 1. The Morgan fingerprint density at radius 1 is 0.969 bits per heavy atom. The Kier molecular flexibility index (Phi) is 7.10. The third-order valence-electron chi connectivity index (χ3n) is 6.23. The summed E-state index contributed by atoms with van der Waals surface area (Å²) in [5.74, 6) is -0.250. The van der Waals surface area contributed by atoms with Crippen molar-refractivity contribution in [1.82, 2.24) is 9.55 Å². The Morgan fingerprint density at radius 2 is 1.75 bits per heavy atom. The SMILES string of the molecule is CCCCCCc1c(C(=O)OC)c(-c2ccccc2)cn1CCc1c[nH]c2ccccc12. The van der Waals surface area contributed by atoms with Gasteiger partial charge in [-0.1, -0.05) is 74.7 Å². The fourth-order valence-electron chi connectivity index (χ4n) is 4.53. The van der Waals surface area contributed by atoms with Crippen LogP contribution in [-0.4, -0.2) is 22.6 Å². The van der Waals surface area contributed by atoms with Gasteiger partial charge >= 0.3 is 5.97 Å². The zero-order valence-corrected chi connectivity index (χ0v) is 19.1. The van der Waals surface area contributed by atoms with E-state index in [2.05, 4.69) is 65.3 Å². The number of hydrogen-bond acceptors (Lipinski definition) is 2. The Morgan fingerprint density at radius 3 is 2.53 bits per heavy atom. The number of unbranched alkanes of at least 4 members (excludes halogenated alkanes) is 3. The fraction of sp³-hybridized carbons (Fsp3) is 0.321. The molecule has 4 nitrogen and oxygen atoms in total. The van der Waals surface area contributed by atoms with E-state index in [9.17, 15) is 4.79 Å². The minimum absolute atomic E-state index is 0.250. The van der Waals surface area contributed by atoms with Crippen molar-refractivity contribution in [3.8, 4) is 11.1 Å². The molecule has 0 aliphatic heterocycles. The molecule has 0 aliphatic carbocycles. The van der Waals surface area contributed by atoms with Crippen LogP contribution in [0.2, 0.25) is 0 Å². The highest BCUT2D eigenvalue weighted by Crippen LogP contribution is 2.31. The summed E-state index contributed by atoms with van der Waals surface area (Å²) in [4.78, 5) is 16.3. The fourth-order valence-corrected chi connectivity index (χ4v) is 4.53. The van der Waals surface area contributed by atoms with Gasteiger partial charge in [-0.3, -0.25) is 0 Å². The van der Waals surface area contributed by atoms with Crippen LogP contribution in [-0.2, 0) is 24.1 Å². The molecule has 0 saturated carbocycles. The highest BCUT2D eigenvalue weighted by Gasteiger charge is 2.23. The molecule has 0 amide bonds. The molecule has 0 fully saturated rings.